The van der Waals surface area contributed by atoms with Crippen LogP contribution in [0.3, 0.4) is 0 Å². The first-order valence-corrected chi connectivity index (χ1v) is 9.81. The molecule has 2 amide bonds. The third-order valence-corrected chi connectivity index (χ3v) is 5.30. The van der Waals surface area contributed by atoms with Gasteiger partial charge >= 0.3 is 6.03 Å². The van der Waals surface area contributed by atoms with Crippen molar-refractivity contribution in [2.24, 2.45) is 0 Å². The van der Waals surface area contributed by atoms with Gasteiger partial charge < -0.3 is 9.84 Å². The molecule has 0 aliphatic carbocycles. The number of benzene rings is 2. The van der Waals surface area contributed by atoms with Crippen LogP contribution in [-0.4, -0.2) is 27.6 Å². The van der Waals surface area contributed by atoms with Gasteiger partial charge in [0.1, 0.15) is 0 Å². The van der Waals surface area contributed by atoms with Gasteiger partial charge in [-0.2, -0.15) is 4.98 Å². The Bertz CT molecular complexity index is 1090. The average Bonchev–Trinajstić information content (AvgIpc) is 3.18. The van der Waals surface area contributed by atoms with Crippen LogP contribution in [0.1, 0.15) is 36.9 Å². The van der Waals surface area contributed by atoms with Crippen LogP contribution in [0.4, 0.5) is 4.79 Å². The molecule has 2 heterocycles. The molecule has 1 aromatic heterocycles. The second kappa shape index (κ2) is 7.72. The van der Waals surface area contributed by atoms with E-state index in [1.54, 1.807) is 11.0 Å². The van der Waals surface area contributed by atoms with Crippen LogP contribution in [0.15, 0.2) is 58.8 Å². The molecule has 1 unspecified atom stereocenters. The highest BCUT2D eigenvalue weighted by atomic mass is 35.5. The van der Waals surface area contributed by atoms with Crippen LogP contribution in [0, 0.1) is 6.92 Å². The molecule has 4 rings (SSSR count). The molecule has 0 fully saturated rings. The number of amides is 2. The molecule has 0 bridgehead atoms. The summed E-state index contributed by atoms with van der Waals surface area (Å²) in [6.45, 7) is 6.37. The number of aromatic nitrogens is 2. The molecule has 1 aliphatic rings. The van der Waals surface area contributed by atoms with Gasteiger partial charge in [0.25, 0.3) is 5.89 Å². The Kier molecular flexibility index (Phi) is 5.11. The summed E-state index contributed by atoms with van der Waals surface area (Å²) in [5.41, 5.74) is 4.42. The quantitative estimate of drug-likeness (QED) is 0.642. The van der Waals surface area contributed by atoms with E-state index in [1.807, 2.05) is 63.2 Å². The monoisotopic (exact) mass is 408 g/mol. The molecule has 29 heavy (non-hydrogen) atoms. The number of nitrogens with zero attached hydrogens (tertiary/aromatic N) is 3. The summed E-state index contributed by atoms with van der Waals surface area (Å²) in [7, 11) is 0. The van der Waals surface area contributed by atoms with Crippen LogP contribution in [0.2, 0.25) is 5.02 Å². The van der Waals surface area contributed by atoms with E-state index in [4.69, 9.17) is 16.1 Å². The fourth-order valence-corrected chi connectivity index (χ4v) is 3.73. The van der Waals surface area contributed by atoms with Crippen LogP contribution in [-0.2, 0) is 0 Å². The van der Waals surface area contributed by atoms with Crippen LogP contribution < -0.4 is 5.32 Å². The summed E-state index contributed by atoms with van der Waals surface area (Å²) in [5.74, 6) is 0.881. The molecule has 6 nitrogen and oxygen atoms in total. The number of hydrogen-bond acceptors (Lipinski definition) is 4. The highest BCUT2D eigenvalue weighted by molar-refractivity contribution is 6.30. The van der Waals surface area contributed by atoms with Crippen LogP contribution in [0.25, 0.3) is 17.0 Å². The Hall–Kier alpha value is -3.12. The fourth-order valence-electron chi connectivity index (χ4n) is 3.53. The standard InChI is InChI=1S/C22H21ClN4O2/c1-4-27-14(3)18(19(24-22(27)28)16-6-5-7-17(23)12-16)21-25-20(26-29-21)15-10-8-13(2)9-11-15/h5-12,19H,4H2,1-3H3,(H,24,28). The maximum atomic E-state index is 12.6. The van der Waals surface area contributed by atoms with Gasteiger partial charge in [0, 0.05) is 22.8 Å². The highest BCUT2D eigenvalue weighted by Gasteiger charge is 2.35. The predicted octanol–water partition coefficient (Wildman–Crippen LogP) is 5.22. The number of halogens is 1. The number of rotatable bonds is 4. The minimum atomic E-state index is -0.435. The lowest BCUT2D eigenvalue weighted by Gasteiger charge is -2.34. The largest absolute Gasteiger partial charge is 0.334 e. The first kappa shape index (κ1) is 19.2. The number of aryl methyl sites for hydroxylation is 1. The normalized spacial score (nSPS) is 16.9. The van der Waals surface area contributed by atoms with Crippen molar-refractivity contribution in [2.75, 3.05) is 6.54 Å². The van der Waals surface area contributed by atoms with E-state index in [2.05, 4.69) is 15.5 Å². The summed E-state index contributed by atoms with van der Waals surface area (Å²) >= 11 is 6.19. The first-order valence-electron chi connectivity index (χ1n) is 9.43. The van der Waals surface area contributed by atoms with E-state index in [9.17, 15) is 4.79 Å². The molecule has 2 aromatic carbocycles. The van der Waals surface area contributed by atoms with Gasteiger partial charge in [-0.15, -0.1) is 0 Å². The maximum absolute atomic E-state index is 12.6. The van der Waals surface area contributed by atoms with E-state index >= 15 is 0 Å². The van der Waals surface area contributed by atoms with Crippen molar-refractivity contribution in [2.45, 2.75) is 26.8 Å². The Labute approximate surface area is 174 Å². The maximum Gasteiger partial charge on any atom is 0.322 e. The zero-order chi connectivity index (χ0) is 20.5. The molecule has 1 aliphatic heterocycles. The second-order valence-corrected chi connectivity index (χ2v) is 7.41. The Morgan fingerprint density at radius 1 is 1.17 bits per heavy atom. The molecule has 1 atom stereocenters. The Balaban J connectivity index is 1.81. The number of carbonyl (C=O) groups excluding carboxylic acids is 1. The van der Waals surface area contributed by atoms with Gasteiger partial charge in [-0.3, -0.25) is 4.90 Å². The summed E-state index contributed by atoms with van der Waals surface area (Å²) in [4.78, 5) is 18.9. The van der Waals surface area contributed by atoms with Gasteiger partial charge in [-0.25, -0.2) is 4.79 Å². The van der Waals surface area contributed by atoms with Crippen LogP contribution in [0.5, 0.6) is 0 Å². The summed E-state index contributed by atoms with van der Waals surface area (Å²) < 4.78 is 5.64. The van der Waals surface area contributed by atoms with Crippen molar-refractivity contribution in [3.05, 3.63) is 76.3 Å². The van der Waals surface area contributed by atoms with Gasteiger partial charge in [-0.1, -0.05) is 58.7 Å². The highest BCUT2D eigenvalue weighted by Crippen LogP contribution is 2.37. The Morgan fingerprint density at radius 3 is 2.62 bits per heavy atom. The molecular formula is C22H21ClN4O2. The van der Waals surface area contributed by atoms with Gasteiger partial charge in [0.15, 0.2) is 0 Å². The molecule has 0 radical (unpaired) electrons. The van der Waals surface area contributed by atoms with Crippen molar-refractivity contribution >= 4 is 23.2 Å². The minimum absolute atomic E-state index is 0.169. The number of hydrogen-bond donors (Lipinski definition) is 1. The summed E-state index contributed by atoms with van der Waals surface area (Å²) in [6.07, 6.45) is 0. The molecule has 0 spiro atoms. The average molecular weight is 409 g/mol. The number of allylic oxidation sites excluding steroid dienone is 1. The number of urea groups is 1. The lowest BCUT2D eigenvalue weighted by molar-refractivity contribution is 0.207. The molecule has 1 N–H and O–H groups in total. The van der Waals surface area contributed by atoms with Gasteiger partial charge in [0.05, 0.1) is 11.6 Å². The van der Waals surface area contributed by atoms with E-state index in [-0.39, 0.29) is 6.03 Å². The molecule has 0 saturated heterocycles. The summed E-state index contributed by atoms with van der Waals surface area (Å²) in [5, 5.41) is 7.80. The first-order chi connectivity index (χ1) is 14.0. The molecule has 0 saturated carbocycles. The third kappa shape index (κ3) is 3.63. The van der Waals surface area contributed by atoms with E-state index in [0.29, 0.717) is 23.3 Å². The zero-order valence-corrected chi connectivity index (χ0v) is 17.2. The fraction of sp³-hybridized carbons (Fsp3) is 0.227. The molecule has 3 aromatic rings. The number of nitrogens with one attached hydrogen (secondary N) is 1. The lowest BCUT2D eigenvalue weighted by Crippen LogP contribution is -2.45. The van der Waals surface area contributed by atoms with Crippen LogP contribution >= 0.6 is 11.6 Å². The smallest absolute Gasteiger partial charge is 0.322 e. The van der Waals surface area contributed by atoms with Crippen molar-refractivity contribution in [1.29, 1.82) is 0 Å². The van der Waals surface area contributed by atoms with Crippen molar-refractivity contribution in [3.8, 4) is 11.4 Å². The minimum Gasteiger partial charge on any atom is -0.334 e. The Morgan fingerprint density at radius 2 is 1.93 bits per heavy atom. The number of carbonyl (C=O) groups is 1. The topological polar surface area (TPSA) is 71.3 Å². The summed E-state index contributed by atoms with van der Waals surface area (Å²) in [6, 6.07) is 14.7. The van der Waals surface area contributed by atoms with E-state index in [0.717, 1.165) is 28.0 Å². The third-order valence-electron chi connectivity index (χ3n) is 5.06. The van der Waals surface area contributed by atoms with Crippen molar-refractivity contribution in [1.82, 2.24) is 20.4 Å². The zero-order valence-electron chi connectivity index (χ0n) is 16.4. The predicted molar refractivity (Wildman–Crippen MR) is 112 cm³/mol. The lowest BCUT2D eigenvalue weighted by atomic mass is 9.94. The van der Waals surface area contributed by atoms with E-state index in [1.165, 1.54) is 0 Å². The van der Waals surface area contributed by atoms with Gasteiger partial charge in [0.2, 0.25) is 5.82 Å². The molecular weight excluding hydrogens is 388 g/mol. The van der Waals surface area contributed by atoms with Crippen molar-refractivity contribution < 1.29 is 9.32 Å². The van der Waals surface area contributed by atoms with Crippen molar-refractivity contribution in [3.63, 3.8) is 0 Å². The molecule has 7 heteroatoms. The molecule has 148 valence electrons. The SMILES string of the molecule is CCN1C(=O)NC(c2cccc(Cl)c2)C(c2nc(-c3ccc(C)cc3)no2)=C1C. The van der Waals surface area contributed by atoms with Gasteiger partial charge in [-0.05, 0) is 38.5 Å². The second-order valence-electron chi connectivity index (χ2n) is 6.97. The van der Waals surface area contributed by atoms with E-state index < -0.39 is 6.04 Å².